The maximum Gasteiger partial charge on any atom is 0.408 e. The molecule has 1 unspecified atom stereocenters. The third-order valence-corrected chi connectivity index (χ3v) is 4.57. The molecule has 168 valence electrons. The molecular formula is C23H24N2O7. The van der Waals surface area contributed by atoms with Gasteiger partial charge in [0.05, 0.1) is 11.1 Å². The number of carbonyl (C=O) groups excluding carboxylic acids is 3. The highest BCUT2D eigenvalue weighted by Gasteiger charge is 2.36. The summed E-state index contributed by atoms with van der Waals surface area (Å²) in [6.45, 7) is 5.03. The van der Waals surface area contributed by atoms with E-state index in [0.717, 1.165) is 5.06 Å². The Bertz CT molecular complexity index is 1010. The number of aliphatic carboxylic acids is 1. The summed E-state index contributed by atoms with van der Waals surface area (Å²) in [7, 11) is 0. The fourth-order valence-electron chi connectivity index (χ4n) is 3.08. The van der Waals surface area contributed by atoms with Crippen molar-refractivity contribution in [3.8, 4) is 0 Å². The first kappa shape index (κ1) is 23.0. The predicted molar refractivity (Wildman–Crippen MR) is 113 cm³/mol. The Morgan fingerprint density at radius 2 is 1.50 bits per heavy atom. The van der Waals surface area contributed by atoms with E-state index in [-0.39, 0.29) is 13.0 Å². The highest BCUT2D eigenvalue weighted by molar-refractivity contribution is 6.20. The molecule has 2 aromatic rings. The number of carboxylic acid groups (broad SMARTS) is 1. The van der Waals surface area contributed by atoms with Crippen LogP contribution in [0.15, 0.2) is 48.5 Å². The average Bonchev–Trinajstić information content (AvgIpc) is 2.96. The smallest absolute Gasteiger partial charge is 0.408 e. The fraction of sp³-hybridized carbons (Fsp3) is 0.304. The molecule has 2 N–H and O–H groups in total. The van der Waals surface area contributed by atoms with Crippen molar-refractivity contribution in [1.29, 1.82) is 0 Å². The van der Waals surface area contributed by atoms with E-state index in [1.54, 1.807) is 69.3 Å². The van der Waals surface area contributed by atoms with Gasteiger partial charge in [0.15, 0.2) is 0 Å². The molecule has 32 heavy (non-hydrogen) atoms. The Labute approximate surface area is 184 Å². The lowest BCUT2D eigenvalue weighted by molar-refractivity contribution is -0.139. The molecule has 1 aliphatic heterocycles. The number of hydroxylamine groups is 2. The number of benzene rings is 2. The Kier molecular flexibility index (Phi) is 6.59. The molecule has 0 aliphatic carbocycles. The standard InChI is InChI=1S/C23H24N2O7/c1-23(2,3)32-22(30)24-18(21(28)29)12-14-8-10-15(11-9-14)13-31-25-19(26)16-6-4-5-7-17(16)20(25)27/h4-11,18H,12-13H2,1-3H3,(H,24,30)(H,28,29). The zero-order valence-corrected chi connectivity index (χ0v) is 18.0. The van der Waals surface area contributed by atoms with Gasteiger partial charge in [0, 0.05) is 6.42 Å². The number of alkyl carbamates (subject to hydrolysis) is 1. The van der Waals surface area contributed by atoms with Gasteiger partial charge in [0.1, 0.15) is 18.2 Å². The molecule has 0 saturated carbocycles. The Balaban J connectivity index is 1.58. The summed E-state index contributed by atoms with van der Waals surface area (Å²) in [6, 6.07) is 12.1. The quantitative estimate of drug-likeness (QED) is 0.635. The topological polar surface area (TPSA) is 122 Å². The maximum atomic E-state index is 12.3. The monoisotopic (exact) mass is 440 g/mol. The summed E-state index contributed by atoms with van der Waals surface area (Å²) in [5.74, 6) is -2.21. The van der Waals surface area contributed by atoms with Crippen LogP contribution in [0.1, 0.15) is 52.6 Å². The molecule has 0 bridgehead atoms. The Morgan fingerprint density at radius 1 is 0.969 bits per heavy atom. The van der Waals surface area contributed by atoms with Crippen molar-refractivity contribution in [3.05, 3.63) is 70.8 Å². The number of nitrogens with one attached hydrogen (secondary N) is 1. The summed E-state index contributed by atoms with van der Waals surface area (Å²) < 4.78 is 5.11. The molecule has 2 aromatic carbocycles. The van der Waals surface area contributed by atoms with Crippen LogP contribution in [0.2, 0.25) is 0 Å². The van der Waals surface area contributed by atoms with Gasteiger partial charge in [-0.2, -0.15) is 0 Å². The van der Waals surface area contributed by atoms with Gasteiger partial charge in [0.2, 0.25) is 0 Å². The van der Waals surface area contributed by atoms with Crippen LogP contribution in [0, 0.1) is 0 Å². The van der Waals surface area contributed by atoms with Gasteiger partial charge in [-0.1, -0.05) is 36.4 Å². The lowest BCUT2D eigenvalue weighted by atomic mass is 10.0. The van der Waals surface area contributed by atoms with Crippen molar-refractivity contribution in [2.24, 2.45) is 0 Å². The van der Waals surface area contributed by atoms with E-state index in [1.807, 2.05) is 0 Å². The van der Waals surface area contributed by atoms with Crippen molar-refractivity contribution in [3.63, 3.8) is 0 Å². The molecule has 0 spiro atoms. The van der Waals surface area contributed by atoms with Crippen LogP contribution in [0.3, 0.4) is 0 Å². The zero-order valence-electron chi connectivity index (χ0n) is 18.0. The molecule has 1 atom stereocenters. The van der Waals surface area contributed by atoms with E-state index in [1.165, 1.54) is 0 Å². The van der Waals surface area contributed by atoms with Gasteiger partial charge in [-0.25, -0.2) is 9.59 Å². The van der Waals surface area contributed by atoms with Crippen LogP contribution >= 0.6 is 0 Å². The van der Waals surface area contributed by atoms with Gasteiger partial charge < -0.3 is 15.2 Å². The number of imide groups is 1. The van der Waals surface area contributed by atoms with Crippen LogP contribution < -0.4 is 5.32 Å². The van der Waals surface area contributed by atoms with Crippen molar-refractivity contribution in [2.75, 3.05) is 0 Å². The van der Waals surface area contributed by atoms with E-state index in [2.05, 4.69) is 5.32 Å². The number of amides is 3. The number of hydrogen-bond donors (Lipinski definition) is 2. The highest BCUT2D eigenvalue weighted by Crippen LogP contribution is 2.23. The summed E-state index contributed by atoms with van der Waals surface area (Å²) in [4.78, 5) is 53.5. The largest absolute Gasteiger partial charge is 0.480 e. The summed E-state index contributed by atoms with van der Waals surface area (Å²) >= 11 is 0. The second-order valence-corrected chi connectivity index (χ2v) is 8.28. The molecule has 1 heterocycles. The molecule has 0 fully saturated rings. The van der Waals surface area contributed by atoms with Crippen molar-refractivity contribution in [2.45, 2.75) is 45.4 Å². The number of rotatable bonds is 7. The lowest BCUT2D eigenvalue weighted by Gasteiger charge is -2.22. The average molecular weight is 440 g/mol. The normalized spacial score (nSPS) is 14.2. The van der Waals surface area contributed by atoms with E-state index in [0.29, 0.717) is 22.3 Å². The van der Waals surface area contributed by atoms with Gasteiger partial charge in [-0.15, -0.1) is 5.06 Å². The minimum absolute atomic E-state index is 0.0235. The number of ether oxygens (including phenoxy) is 1. The van der Waals surface area contributed by atoms with E-state index < -0.39 is 35.5 Å². The van der Waals surface area contributed by atoms with Crippen LogP contribution in [-0.4, -0.2) is 45.7 Å². The minimum Gasteiger partial charge on any atom is -0.480 e. The Morgan fingerprint density at radius 3 is 2.00 bits per heavy atom. The molecule has 3 amide bonds. The third-order valence-electron chi connectivity index (χ3n) is 4.57. The molecule has 9 heteroatoms. The predicted octanol–water partition coefficient (Wildman–Crippen LogP) is 2.93. The second-order valence-electron chi connectivity index (χ2n) is 8.28. The molecule has 0 aromatic heterocycles. The minimum atomic E-state index is -1.19. The molecular weight excluding hydrogens is 416 g/mol. The van der Waals surface area contributed by atoms with Gasteiger partial charge >= 0.3 is 12.1 Å². The van der Waals surface area contributed by atoms with Crippen molar-refractivity contribution in [1.82, 2.24) is 10.4 Å². The van der Waals surface area contributed by atoms with E-state index in [4.69, 9.17) is 9.57 Å². The number of hydrogen-bond acceptors (Lipinski definition) is 6. The van der Waals surface area contributed by atoms with Crippen LogP contribution in [0.5, 0.6) is 0 Å². The van der Waals surface area contributed by atoms with Crippen molar-refractivity contribution < 1.29 is 33.9 Å². The lowest BCUT2D eigenvalue weighted by Crippen LogP contribution is -2.44. The van der Waals surface area contributed by atoms with Gasteiger partial charge in [-0.3, -0.25) is 14.4 Å². The van der Waals surface area contributed by atoms with Crippen LogP contribution in [0.4, 0.5) is 4.79 Å². The van der Waals surface area contributed by atoms with Crippen LogP contribution in [-0.2, 0) is 27.4 Å². The SMILES string of the molecule is CC(C)(C)OC(=O)NC(Cc1ccc(CON2C(=O)c3ccccc3C2=O)cc1)C(=O)O. The first-order valence-electron chi connectivity index (χ1n) is 9.96. The molecule has 0 radical (unpaired) electrons. The number of nitrogens with zero attached hydrogens (tertiary/aromatic N) is 1. The Hall–Kier alpha value is -3.72. The summed E-state index contributed by atoms with van der Waals surface area (Å²) in [5.41, 5.74) is 1.19. The molecule has 1 aliphatic rings. The van der Waals surface area contributed by atoms with E-state index in [9.17, 15) is 24.3 Å². The third kappa shape index (κ3) is 5.50. The fourth-order valence-corrected chi connectivity index (χ4v) is 3.08. The number of fused-ring (bicyclic) bond motifs is 1. The molecule has 3 rings (SSSR count). The summed E-state index contributed by atoms with van der Waals surface area (Å²) in [5, 5.41) is 12.5. The van der Waals surface area contributed by atoms with Gasteiger partial charge in [-0.05, 0) is 44.0 Å². The first-order chi connectivity index (χ1) is 15.0. The maximum absolute atomic E-state index is 12.3. The molecule has 9 nitrogen and oxygen atoms in total. The van der Waals surface area contributed by atoms with Crippen LogP contribution in [0.25, 0.3) is 0 Å². The van der Waals surface area contributed by atoms with E-state index >= 15 is 0 Å². The number of carboxylic acids is 1. The number of carbonyl (C=O) groups is 4. The summed E-state index contributed by atoms with van der Waals surface area (Å²) in [6.07, 6.45) is -0.760. The highest BCUT2D eigenvalue weighted by atomic mass is 16.7. The zero-order chi connectivity index (χ0) is 23.5. The first-order valence-corrected chi connectivity index (χ1v) is 9.96. The second kappa shape index (κ2) is 9.19. The molecule has 0 saturated heterocycles. The van der Waals surface area contributed by atoms with Crippen molar-refractivity contribution >= 4 is 23.9 Å². The van der Waals surface area contributed by atoms with Gasteiger partial charge in [0.25, 0.3) is 11.8 Å².